The molecule has 0 fully saturated rings. The van der Waals surface area contributed by atoms with Gasteiger partial charge in [0, 0.05) is 17.2 Å². The number of carbonyl (C=O) groups excluding carboxylic acids is 2. The van der Waals surface area contributed by atoms with E-state index in [2.05, 4.69) is 0 Å². The average Bonchev–Trinajstić information content (AvgIpc) is 2.91. The Bertz CT molecular complexity index is 1740. The van der Waals surface area contributed by atoms with E-state index in [9.17, 15) is 39.9 Å². The summed E-state index contributed by atoms with van der Waals surface area (Å²) in [6.45, 7) is 3.71. The quantitative estimate of drug-likeness (QED) is 0.176. The van der Waals surface area contributed by atoms with Crippen molar-refractivity contribution in [1.29, 1.82) is 0 Å². The Morgan fingerprint density at radius 1 is 0.850 bits per heavy atom. The number of phenols is 4. The highest BCUT2D eigenvalue weighted by molar-refractivity contribution is 6.27. The van der Waals surface area contributed by atoms with Crippen LogP contribution in [0.15, 0.2) is 93.2 Å². The van der Waals surface area contributed by atoms with Gasteiger partial charge in [-0.1, -0.05) is 17.7 Å². The molecule has 9 nitrogen and oxygen atoms in total. The maximum Gasteiger partial charge on any atom is 0.197 e. The van der Waals surface area contributed by atoms with Crippen LogP contribution in [0.25, 0.3) is 22.3 Å². The number of phenolic OH excluding ortho intramolecular Hbond substituents is 4. The molecule has 0 saturated carbocycles. The van der Waals surface area contributed by atoms with Crippen LogP contribution in [-0.4, -0.2) is 43.2 Å². The molecule has 0 bridgehead atoms. The Hall–Kier alpha value is -5.15. The zero-order chi connectivity index (χ0) is 29.1. The second-order valence-corrected chi connectivity index (χ2v) is 9.35. The van der Waals surface area contributed by atoms with Crippen LogP contribution in [0.5, 0.6) is 23.0 Å². The Morgan fingerprint density at radius 3 is 2.15 bits per heavy atom. The smallest absolute Gasteiger partial charge is 0.197 e. The van der Waals surface area contributed by atoms with Crippen molar-refractivity contribution in [3.05, 3.63) is 105 Å². The molecule has 1 heterocycles. The summed E-state index contributed by atoms with van der Waals surface area (Å²) in [5, 5.41) is 48.6. The van der Waals surface area contributed by atoms with Crippen LogP contribution in [0, 0.1) is 0 Å². The number of aromatic hydroxyl groups is 4. The molecular formula is C31H26O9. The molecule has 204 valence electrons. The summed E-state index contributed by atoms with van der Waals surface area (Å²) in [7, 11) is 0. The lowest BCUT2D eigenvalue weighted by molar-refractivity contribution is 0.0943. The first kappa shape index (κ1) is 27.9. The summed E-state index contributed by atoms with van der Waals surface area (Å²) in [5.74, 6) is -1.57. The highest BCUT2D eigenvalue weighted by atomic mass is 16.3. The van der Waals surface area contributed by atoms with E-state index in [1.807, 2.05) is 13.8 Å². The minimum atomic E-state index is -1.13. The molecule has 40 heavy (non-hydrogen) atoms. The van der Waals surface area contributed by atoms with E-state index in [0.29, 0.717) is 16.9 Å². The van der Waals surface area contributed by atoms with Crippen LogP contribution in [0.2, 0.25) is 0 Å². The van der Waals surface area contributed by atoms with Crippen LogP contribution >= 0.6 is 0 Å². The van der Waals surface area contributed by atoms with Crippen LogP contribution in [0.3, 0.4) is 0 Å². The van der Waals surface area contributed by atoms with E-state index in [-0.39, 0.29) is 56.9 Å². The van der Waals surface area contributed by atoms with Gasteiger partial charge in [0.25, 0.3) is 0 Å². The number of aliphatic hydroxyl groups is 1. The van der Waals surface area contributed by atoms with Gasteiger partial charge in [0.2, 0.25) is 0 Å². The molecule has 9 heteroatoms. The Kier molecular flexibility index (Phi) is 7.88. The van der Waals surface area contributed by atoms with Crippen LogP contribution in [0.1, 0.15) is 41.0 Å². The number of fused-ring (bicyclic) bond motifs is 2. The number of benzene rings is 3. The molecule has 1 aliphatic rings. The number of Topliss-reactive ketones (excluding diaryl/α,β-unsaturated/α-hetero) is 1. The minimum absolute atomic E-state index is 0.0779. The normalized spacial score (nSPS) is 13.1. The number of hydrogen-bond acceptors (Lipinski definition) is 9. The monoisotopic (exact) mass is 542 g/mol. The number of aliphatic hydroxyl groups excluding tert-OH is 1. The van der Waals surface area contributed by atoms with E-state index >= 15 is 0 Å². The summed E-state index contributed by atoms with van der Waals surface area (Å²) in [5.41, 5.74) is 1.13. The van der Waals surface area contributed by atoms with Gasteiger partial charge in [-0.2, -0.15) is 0 Å². The van der Waals surface area contributed by atoms with Crippen molar-refractivity contribution in [2.24, 2.45) is 0 Å². The Morgan fingerprint density at radius 2 is 1.50 bits per heavy atom. The summed E-state index contributed by atoms with van der Waals surface area (Å²) >= 11 is 0. The van der Waals surface area contributed by atoms with Gasteiger partial charge in [-0.15, -0.1) is 0 Å². The molecule has 0 amide bonds. The van der Waals surface area contributed by atoms with Crippen molar-refractivity contribution in [3.63, 3.8) is 0 Å². The molecule has 4 aromatic rings. The molecular weight excluding hydrogens is 516 g/mol. The number of rotatable bonds is 4. The first-order valence-electron chi connectivity index (χ1n) is 12.2. The van der Waals surface area contributed by atoms with E-state index in [4.69, 9.17) is 4.42 Å². The fourth-order valence-electron chi connectivity index (χ4n) is 4.16. The maximum absolute atomic E-state index is 12.3. The highest BCUT2D eigenvalue weighted by Crippen LogP contribution is 2.35. The van der Waals surface area contributed by atoms with Gasteiger partial charge < -0.3 is 29.9 Å². The topological polar surface area (TPSA) is 165 Å². The molecule has 1 atom stereocenters. The van der Waals surface area contributed by atoms with Gasteiger partial charge in [-0.05, 0) is 74.9 Å². The zero-order valence-corrected chi connectivity index (χ0v) is 21.6. The fourth-order valence-corrected chi connectivity index (χ4v) is 4.16. The predicted molar refractivity (Wildman–Crippen MR) is 148 cm³/mol. The number of allylic oxidation sites excluding steroid dienone is 2. The molecule has 3 aromatic carbocycles. The molecule has 0 radical (unpaired) electrons. The summed E-state index contributed by atoms with van der Waals surface area (Å²) in [6, 6.07) is 14.6. The van der Waals surface area contributed by atoms with Gasteiger partial charge in [0.15, 0.2) is 17.0 Å². The van der Waals surface area contributed by atoms with E-state index < -0.39 is 17.7 Å². The Labute approximate surface area is 228 Å². The predicted octanol–water partition coefficient (Wildman–Crippen LogP) is 4.99. The van der Waals surface area contributed by atoms with Crippen molar-refractivity contribution in [2.75, 3.05) is 0 Å². The lowest BCUT2D eigenvalue weighted by Gasteiger charge is -2.20. The van der Waals surface area contributed by atoms with E-state index in [1.165, 1.54) is 24.3 Å². The van der Waals surface area contributed by atoms with Crippen LogP contribution in [-0.2, 0) is 0 Å². The lowest BCUT2D eigenvalue weighted by Crippen LogP contribution is -2.25. The van der Waals surface area contributed by atoms with Crippen LogP contribution in [0.4, 0.5) is 0 Å². The Balaban J connectivity index is 0.000000186. The third kappa shape index (κ3) is 5.64. The lowest BCUT2D eigenvalue weighted by atomic mass is 9.85. The molecule has 0 saturated heterocycles. The highest BCUT2D eigenvalue weighted by Gasteiger charge is 2.33. The molecule has 5 N–H and O–H groups in total. The second kappa shape index (κ2) is 11.3. The van der Waals surface area contributed by atoms with Crippen molar-refractivity contribution in [1.82, 2.24) is 0 Å². The average molecular weight is 543 g/mol. The SMILES string of the molecule is CC(C)=CC[C@@H](O)C1=CC(=O)c2c(O)ccc(O)c2C1=O.O=c1cc(-c2ccc(O)cc2)oc2cccc(O)c12. The summed E-state index contributed by atoms with van der Waals surface area (Å²) < 4.78 is 5.61. The molecule has 5 rings (SSSR count). The van der Waals surface area contributed by atoms with Crippen molar-refractivity contribution in [2.45, 2.75) is 26.4 Å². The number of carbonyl (C=O) groups is 2. The van der Waals surface area contributed by atoms with E-state index in [0.717, 1.165) is 23.8 Å². The van der Waals surface area contributed by atoms with Crippen molar-refractivity contribution in [3.8, 4) is 34.3 Å². The maximum atomic E-state index is 12.3. The summed E-state index contributed by atoms with van der Waals surface area (Å²) in [4.78, 5) is 36.4. The third-order valence-electron chi connectivity index (χ3n) is 6.18. The molecule has 0 aliphatic heterocycles. The third-order valence-corrected chi connectivity index (χ3v) is 6.18. The van der Waals surface area contributed by atoms with Crippen molar-refractivity contribution >= 4 is 22.5 Å². The largest absolute Gasteiger partial charge is 0.508 e. The number of hydrogen-bond donors (Lipinski definition) is 5. The molecule has 1 aliphatic carbocycles. The molecule has 1 aromatic heterocycles. The van der Waals surface area contributed by atoms with Crippen LogP contribution < -0.4 is 5.43 Å². The first-order valence-corrected chi connectivity index (χ1v) is 12.2. The van der Waals surface area contributed by atoms with Gasteiger partial charge in [-0.25, -0.2) is 0 Å². The fraction of sp³-hybridized carbons (Fsp3) is 0.129. The van der Waals surface area contributed by atoms with Gasteiger partial charge >= 0.3 is 0 Å². The van der Waals surface area contributed by atoms with E-state index in [1.54, 1.807) is 30.3 Å². The molecule has 0 spiro atoms. The first-order chi connectivity index (χ1) is 19.0. The minimum Gasteiger partial charge on any atom is -0.508 e. The van der Waals surface area contributed by atoms with Crippen molar-refractivity contribution < 1.29 is 39.5 Å². The second-order valence-electron chi connectivity index (χ2n) is 9.35. The number of ketones is 2. The van der Waals surface area contributed by atoms with Gasteiger partial charge in [-0.3, -0.25) is 14.4 Å². The van der Waals surface area contributed by atoms with Gasteiger partial charge in [0.1, 0.15) is 39.7 Å². The molecule has 0 unspecified atom stereocenters. The summed E-state index contributed by atoms with van der Waals surface area (Å²) in [6.07, 6.45) is 1.84. The zero-order valence-electron chi connectivity index (χ0n) is 21.6. The van der Waals surface area contributed by atoms with Gasteiger partial charge in [0.05, 0.1) is 17.2 Å². The standard InChI is InChI=1S/C16H16O5.C15H10O4/c1-8(2)3-4-10(17)9-7-13(20)14-11(18)5-6-12(19)15(14)16(9)21;16-10-6-4-9(5-7-10)14-8-12(18)15-11(17)2-1-3-13(15)19-14/h3,5-7,10,17-19H,4H2,1-2H3;1-8,16-17H/t10-;/m1./s1.